The van der Waals surface area contributed by atoms with Crippen molar-refractivity contribution in [2.75, 3.05) is 6.61 Å². The summed E-state index contributed by atoms with van der Waals surface area (Å²) < 4.78 is 5.05. The van der Waals surface area contributed by atoms with Gasteiger partial charge in [0.15, 0.2) is 0 Å². The third-order valence-corrected chi connectivity index (χ3v) is 2.22. The van der Waals surface area contributed by atoms with Gasteiger partial charge in [0, 0.05) is 6.61 Å². The van der Waals surface area contributed by atoms with Gasteiger partial charge in [-0.2, -0.15) is 0 Å². The summed E-state index contributed by atoms with van der Waals surface area (Å²) in [6, 6.07) is -1.41. The summed E-state index contributed by atoms with van der Waals surface area (Å²) in [5.41, 5.74) is 0. The third-order valence-electron chi connectivity index (χ3n) is 2.22. The summed E-state index contributed by atoms with van der Waals surface area (Å²) in [7, 11) is 0. The highest BCUT2D eigenvalue weighted by atomic mass is 16.5. The first-order valence-electron chi connectivity index (χ1n) is 4.87. The number of nitrogens with one attached hydrogen (secondary N) is 1. The van der Waals surface area contributed by atoms with Crippen LogP contribution in [0.25, 0.3) is 0 Å². The summed E-state index contributed by atoms with van der Waals surface area (Å²) in [4.78, 5) is 32.5. The van der Waals surface area contributed by atoms with Gasteiger partial charge in [-0.15, -0.1) is 0 Å². The van der Waals surface area contributed by atoms with E-state index in [1.54, 1.807) is 0 Å². The molecule has 1 fully saturated rings. The number of carbonyl (C=O) groups is 3. The predicted molar refractivity (Wildman–Crippen MR) is 50.8 cm³/mol. The van der Waals surface area contributed by atoms with Crippen LogP contribution in [0.4, 0.5) is 0 Å². The molecule has 0 aromatic rings. The molecule has 7 heteroatoms. The molecule has 1 heterocycles. The molecule has 1 saturated heterocycles. The van der Waals surface area contributed by atoms with Crippen LogP contribution < -0.4 is 5.32 Å². The molecule has 16 heavy (non-hydrogen) atoms. The number of carbonyl (C=O) groups excluding carboxylic acids is 1. The number of aliphatic carboxylic acids is 2. The highest BCUT2D eigenvalue weighted by Crippen LogP contribution is 2.12. The third kappa shape index (κ3) is 3.50. The van der Waals surface area contributed by atoms with Crippen molar-refractivity contribution in [2.45, 2.75) is 31.4 Å². The molecule has 0 aliphatic carbocycles. The Balaban J connectivity index is 2.50. The van der Waals surface area contributed by atoms with Crippen molar-refractivity contribution in [1.29, 1.82) is 0 Å². The zero-order chi connectivity index (χ0) is 12.1. The van der Waals surface area contributed by atoms with Gasteiger partial charge >= 0.3 is 11.9 Å². The molecule has 90 valence electrons. The second-order valence-electron chi connectivity index (χ2n) is 3.50. The second-order valence-corrected chi connectivity index (χ2v) is 3.50. The summed E-state index contributed by atoms with van der Waals surface area (Å²) >= 11 is 0. The molecule has 0 radical (unpaired) electrons. The minimum Gasteiger partial charge on any atom is -0.481 e. The lowest BCUT2D eigenvalue weighted by atomic mass is 10.1. The maximum absolute atomic E-state index is 11.4. The Morgan fingerprint density at radius 3 is 2.50 bits per heavy atom. The lowest BCUT2D eigenvalue weighted by molar-refractivity contribution is -0.148. The monoisotopic (exact) mass is 231 g/mol. The molecule has 1 aliphatic rings. The molecule has 0 aromatic heterocycles. The summed E-state index contributed by atoms with van der Waals surface area (Å²) in [5.74, 6) is -3.21. The van der Waals surface area contributed by atoms with E-state index in [0.29, 0.717) is 13.0 Å². The van der Waals surface area contributed by atoms with Gasteiger partial charge in [0.05, 0.1) is 6.42 Å². The van der Waals surface area contributed by atoms with Gasteiger partial charge in [-0.05, 0) is 12.8 Å². The zero-order valence-electron chi connectivity index (χ0n) is 8.51. The molecule has 7 nitrogen and oxygen atoms in total. The number of hydrogen-bond donors (Lipinski definition) is 3. The standard InChI is InChI=1S/C9H13NO6/c11-7(12)4-5(9(14)15)10-8(13)6-2-1-3-16-6/h5-6H,1-4H2,(H,10,13)(H,11,12)(H,14,15)/t5-,6-/m0/s1. The average molecular weight is 231 g/mol. The van der Waals surface area contributed by atoms with Gasteiger partial charge in [0.25, 0.3) is 0 Å². The van der Waals surface area contributed by atoms with Crippen LogP contribution in [-0.2, 0) is 19.1 Å². The first-order valence-corrected chi connectivity index (χ1v) is 4.87. The van der Waals surface area contributed by atoms with E-state index < -0.39 is 36.4 Å². The molecule has 0 saturated carbocycles. The van der Waals surface area contributed by atoms with Crippen molar-refractivity contribution in [2.24, 2.45) is 0 Å². The quantitative estimate of drug-likeness (QED) is 0.571. The van der Waals surface area contributed by atoms with Gasteiger partial charge in [-0.3, -0.25) is 9.59 Å². The van der Waals surface area contributed by atoms with Gasteiger partial charge in [0.1, 0.15) is 12.1 Å². The van der Waals surface area contributed by atoms with Gasteiger partial charge < -0.3 is 20.3 Å². The van der Waals surface area contributed by atoms with E-state index in [1.165, 1.54) is 0 Å². The minimum absolute atomic E-state index is 0.467. The van der Waals surface area contributed by atoms with Crippen molar-refractivity contribution < 1.29 is 29.3 Å². The Morgan fingerprint density at radius 1 is 1.38 bits per heavy atom. The maximum atomic E-state index is 11.4. The average Bonchev–Trinajstić information content (AvgIpc) is 2.68. The zero-order valence-corrected chi connectivity index (χ0v) is 8.51. The predicted octanol–water partition coefficient (Wildman–Crippen LogP) is -0.790. The van der Waals surface area contributed by atoms with Crippen LogP contribution in [0, 0.1) is 0 Å². The number of rotatable bonds is 5. The van der Waals surface area contributed by atoms with Gasteiger partial charge in [0.2, 0.25) is 5.91 Å². The fourth-order valence-corrected chi connectivity index (χ4v) is 1.42. The minimum atomic E-state index is -1.41. The molecule has 0 unspecified atom stereocenters. The van der Waals surface area contributed by atoms with Crippen LogP contribution in [0.5, 0.6) is 0 Å². The largest absolute Gasteiger partial charge is 0.481 e. The molecular weight excluding hydrogens is 218 g/mol. The van der Waals surface area contributed by atoms with E-state index in [2.05, 4.69) is 5.32 Å². The first-order chi connectivity index (χ1) is 7.50. The van der Waals surface area contributed by atoms with Crippen molar-refractivity contribution in [3.8, 4) is 0 Å². The van der Waals surface area contributed by atoms with Crippen molar-refractivity contribution in [3.05, 3.63) is 0 Å². The Labute approximate surface area is 91.4 Å². The molecule has 0 aromatic carbocycles. The Bertz CT molecular complexity index is 296. The second kappa shape index (κ2) is 5.45. The maximum Gasteiger partial charge on any atom is 0.326 e. The van der Waals surface area contributed by atoms with E-state index in [-0.39, 0.29) is 0 Å². The van der Waals surface area contributed by atoms with E-state index in [0.717, 1.165) is 6.42 Å². The fourth-order valence-electron chi connectivity index (χ4n) is 1.42. The Morgan fingerprint density at radius 2 is 2.06 bits per heavy atom. The van der Waals surface area contributed by atoms with E-state index in [4.69, 9.17) is 14.9 Å². The topological polar surface area (TPSA) is 113 Å². The highest BCUT2D eigenvalue weighted by molar-refractivity contribution is 5.88. The molecule has 2 atom stereocenters. The van der Waals surface area contributed by atoms with Crippen LogP contribution in [0.15, 0.2) is 0 Å². The number of carboxylic acids is 2. The van der Waals surface area contributed by atoms with Gasteiger partial charge in [-0.25, -0.2) is 4.79 Å². The lowest BCUT2D eigenvalue weighted by Gasteiger charge is -2.15. The first kappa shape index (κ1) is 12.4. The molecule has 3 N–H and O–H groups in total. The lowest BCUT2D eigenvalue weighted by Crippen LogP contribution is -2.46. The molecule has 1 aliphatic heterocycles. The molecule has 0 bridgehead atoms. The van der Waals surface area contributed by atoms with Gasteiger partial charge in [-0.1, -0.05) is 0 Å². The van der Waals surface area contributed by atoms with Crippen LogP contribution in [0.3, 0.4) is 0 Å². The van der Waals surface area contributed by atoms with Crippen LogP contribution in [0.1, 0.15) is 19.3 Å². The van der Waals surface area contributed by atoms with Crippen molar-refractivity contribution in [3.63, 3.8) is 0 Å². The fraction of sp³-hybridized carbons (Fsp3) is 0.667. The number of amides is 1. The highest BCUT2D eigenvalue weighted by Gasteiger charge is 2.29. The SMILES string of the molecule is O=C(O)C[C@H](NC(=O)[C@@H]1CCCO1)C(=O)O. The Kier molecular flexibility index (Phi) is 4.24. The number of carboxylic acid groups (broad SMARTS) is 2. The molecule has 1 rings (SSSR count). The smallest absolute Gasteiger partial charge is 0.326 e. The van der Waals surface area contributed by atoms with Crippen LogP contribution >= 0.6 is 0 Å². The van der Waals surface area contributed by atoms with Crippen LogP contribution in [-0.4, -0.2) is 46.8 Å². The normalized spacial score (nSPS) is 21.4. The molecule has 0 spiro atoms. The van der Waals surface area contributed by atoms with E-state index in [9.17, 15) is 14.4 Å². The van der Waals surface area contributed by atoms with Crippen LogP contribution in [0.2, 0.25) is 0 Å². The van der Waals surface area contributed by atoms with Crippen molar-refractivity contribution in [1.82, 2.24) is 5.32 Å². The summed E-state index contributed by atoms with van der Waals surface area (Å²) in [6.07, 6.45) is -0.0241. The molecular formula is C9H13NO6. The number of hydrogen-bond acceptors (Lipinski definition) is 4. The van der Waals surface area contributed by atoms with E-state index in [1.807, 2.05) is 0 Å². The van der Waals surface area contributed by atoms with Crippen molar-refractivity contribution >= 4 is 17.8 Å². The molecule has 1 amide bonds. The Hall–Kier alpha value is -1.63. The summed E-state index contributed by atoms with van der Waals surface area (Å²) in [5, 5.41) is 19.3. The van der Waals surface area contributed by atoms with E-state index >= 15 is 0 Å². The number of ether oxygens (including phenoxy) is 1. The summed E-state index contributed by atoms with van der Waals surface area (Å²) in [6.45, 7) is 0.467.